The number of methoxy groups -OCH3 is 2. The molecule has 14 nitrogen and oxygen atoms in total. The minimum atomic E-state index is -2.04. The van der Waals surface area contributed by atoms with Gasteiger partial charge in [0.2, 0.25) is 11.2 Å². The quantitative estimate of drug-likeness (QED) is 0.326. The second kappa shape index (κ2) is 10.7. The van der Waals surface area contributed by atoms with Crippen LogP contribution in [0.3, 0.4) is 0 Å². The van der Waals surface area contributed by atoms with Gasteiger partial charge in [0.05, 0.1) is 37.1 Å². The molecule has 2 aromatic carbocycles. The van der Waals surface area contributed by atoms with E-state index in [-0.39, 0.29) is 12.8 Å². The van der Waals surface area contributed by atoms with Crippen molar-refractivity contribution in [3.63, 3.8) is 0 Å². The first-order chi connectivity index (χ1) is 26.6. The predicted octanol–water partition coefficient (Wildman–Crippen LogP) is 3.44. The molecule has 9 aliphatic rings. The highest BCUT2D eigenvalue weighted by molar-refractivity contribution is 9.10. The highest BCUT2D eigenvalue weighted by atomic mass is 79.9. The third-order valence-corrected chi connectivity index (χ3v) is 16.7. The molecule has 2 saturated carbocycles. The third kappa shape index (κ3) is 3.54. The van der Waals surface area contributed by atoms with Gasteiger partial charge >= 0.3 is 23.9 Å². The number of ether oxygens (including phenoxy) is 8. The molecule has 16 heteroatoms. The molecule has 2 aromatic rings. The lowest BCUT2D eigenvalue weighted by Crippen LogP contribution is -2.72. The Kier molecular flexibility index (Phi) is 6.80. The van der Waals surface area contributed by atoms with E-state index < -0.39 is 81.4 Å². The summed E-state index contributed by atoms with van der Waals surface area (Å²) < 4.78 is 53.7. The third-order valence-electron chi connectivity index (χ3n) is 15.2. The second-order valence-electron chi connectivity index (χ2n) is 17.2. The van der Waals surface area contributed by atoms with Gasteiger partial charge in [-0.3, -0.25) is 19.4 Å². The fraction of sp³-hybridized carbons (Fsp3) is 0.600. The molecule has 5 aliphatic heterocycles. The summed E-state index contributed by atoms with van der Waals surface area (Å²) in [4.78, 5) is 61.9. The van der Waals surface area contributed by atoms with Gasteiger partial charge in [0.1, 0.15) is 11.2 Å². The number of halogens is 2. The van der Waals surface area contributed by atoms with Gasteiger partial charge in [-0.25, -0.2) is 9.59 Å². The number of benzene rings is 2. The Labute approximate surface area is 338 Å². The molecular weight excluding hydrogens is 860 g/mol. The average molecular weight is 901 g/mol. The number of likely N-dealkylation sites (N-methyl/N-ethyl adjacent to an activating group) is 2. The van der Waals surface area contributed by atoms with Crippen molar-refractivity contribution < 1.29 is 57.1 Å². The Balaban J connectivity index is 1.11. The second-order valence-corrected chi connectivity index (χ2v) is 18.9. The van der Waals surface area contributed by atoms with Crippen LogP contribution in [0, 0.1) is 0 Å². The predicted molar refractivity (Wildman–Crippen MR) is 199 cm³/mol. The molecule has 0 unspecified atom stereocenters. The van der Waals surface area contributed by atoms with E-state index in [1.807, 2.05) is 26.2 Å². The van der Waals surface area contributed by atoms with E-state index in [2.05, 4.69) is 41.7 Å². The molecule has 3 saturated heterocycles. The van der Waals surface area contributed by atoms with Crippen molar-refractivity contribution in [3.05, 3.63) is 43.3 Å². The Hall–Kier alpha value is -3.60. The van der Waals surface area contributed by atoms with E-state index in [4.69, 9.17) is 37.9 Å². The van der Waals surface area contributed by atoms with Gasteiger partial charge in [-0.05, 0) is 76.1 Å². The number of likely N-dealkylation sites (tertiary alicyclic amines) is 2. The summed E-state index contributed by atoms with van der Waals surface area (Å²) in [6.45, 7) is 3.91. The number of carbonyl (C=O) groups excluding carboxylic acids is 4. The molecule has 0 N–H and O–H groups in total. The molecule has 11 rings (SSSR count). The highest BCUT2D eigenvalue weighted by Crippen LogP contribution is 2.75. The summed E-state index contributed by atoms with van der Waals surface area (Å²) in [5.41, 5.74) is -5.49. The normalized spacial score (nSPS) is 41.4. The molecule has 0 amide bonds. The molecule has 296 valence electrons. The maximum atomic E-state index is 15.6. The number of nitrogens with zero attached hydrogens (tertiary/aromatic N) is 2. The lowest BCUT2D eigenvalue weighted by Gasteiger charge is -2.58. The van der Waals surface area contributed by atoms with Crippen LogP contribution in [0.2, 0.25) is 0 Å². The summed E-state index contributed by atoms with van der Waals surface area (Å²) in [6, 6.07) is 2.88. The Morgan fingerprint density at radius 3 is 1.46 bits per heavy atom. The molecule has 10 atom stereocenters. The fourth-order valence-corrected chi connectivity index (χ4v) is 14.7. The standard InChI is InChI=1S/C40H40Br2N2O12/c1-17(45)53-39-15-37(31-35(39)7-9-43(3)25(39)11-19-21(41)13-23(49-5)29(51-31)27(19)35)33(47)56-38(34(48)55-37)16-40(54-18(2)46)26-12-20-22(42)14-24(50-6)30-28(20)36(40,32(38)52-30)8-10-44(26)4/h13-14,25-26,31-32H,7-12,15-16H2,1-6H3/t25-,26+,31-,32-,35+,36+,37+,38+,39-,40-/m1/s1. The van der Waals surface area contributed by atoms with Gasteiger partial charge in [0.15, 0.2) is 35.2 Å². The average Bonchev–Trinajstić information content (AvgIpc) is 3.81. The van der Waals surface area contributed by atoms with Crippen LogP contribution in [-0.2, 0) is 61.8 Å². The number of esters is 4. The molecular formula is C40H40Br2N2O12. The molecule has 5 fully saturated rings. The summed E-state index contributed by atoms with van der Waals surface area (Å²) in [6.07, 6.45) is -0.833. The van der Waals surface area contributed by atoms with Crippen LogP contribution in [0.1, 0.15) is 61.8 Å². The lowest BCUT2D eigenvalue weighted by molar-refractivity contribution is -0.244. The number of fused-ring (bicyclic) bond motifs is 2. The van der Waals surface area contributed by atoms with Crippen molar-refractivity contribution in [1.82, 2.24) is 9.80 Å². The van der Waals surface area contributed by atoms with Gasteiger partial charge in [-0.2, -0.15) is 0 Å². The minimum Gasteiger partial charge on any atom is -0.493 e. The summed E-state index contributed by atoms with van der Waals surface area (Å²) in [5.74, 6) is -1.01. The number of rotatable bonds is 4. The Bertz CT molecular complexity index is 2120. The zero-order chi connectivity index (χ0) is 39.3. The monoisotopic (exact) mass is 898 g/mol. The van der Waals surface area contributed by atoms with Crippen LogP contribution in [0.25, 0.3) is 0 Å². The van der Waals surface area contributed by atoms with E-state index in [1.165, 1.54) is 28.1 Å². The summed E-state index contributed by atoms with van der Waals surface area (Å²) >= 11 is 7.56. The highest BCUT2D eigenvalue weighted by Gasteiger charge is 2.91. The number of carbonyl (C=O) groups is 4. The Morgan fingerprint density at radius 2 is 1.11 bits per heavy atom. The van der Waals surface area contributed by atoms with Crippen LogP contribution >= 0.6 is 31.9 Å². The van der Waals surface area contributed by atoms with E-state index in [0.29, 0.717) is 61.8 Å². The van der Waals surface area contributed by atoms with Crippen LogP contribution < -0.4 is 18.9 Å². The molecule has 4 spiro atoms. The lowest BCUT2D eigenvalue weighted by atomic mass is 9.56. The van der Waals surface area contributed by atoms with Crippen LogP contribution in [-0.4, -0.2) is 122 Å². The maximum Gasteiger partial charge on any atom is 0.356 e. The van der Waals surface area contributed by atoms with Crippen molar-refractivity contribution in [2.45, 2.75) is 110 Å². The van der Waals surface area contributed by atoms with Crippen molar-refractivity contribution in [2.24, 2.45) is 0 Å². The van der Waals surface area contributed by atoms with Gasteiger partial charge in [0.25, 0.3) is 0 Å². The molecule has 0 aromatic heterocycles. The van der Waals surface area contributed by atoms with Crippen molar-refractivity contribution in [3.8, 4) is 23.0 Å². The molecule has 4 aliphatic carbocycles. The van der Waals surface area contributed by atoms with Gasteiger partial charge in [-0.1, -0.05) is 31.9 Å². The number of hydrogen-bond acceptors (Lipinski definition) is 14. The van der Waals surface area contributed by atoms with Crippen LogP contribution in [0.15, 0.2) is 21.1 Å². The van der Waals surface area contributed by atoms with Crippen LogP contribution in [0.5, 0.6) is 23.0 Å². The maximum absolute atomic E-state index is 15.6. The molecule has 5 heterocycles. The first kappa shape index (κ1) is 35.6. The van der Waals surface area contributed by atoms with Gasteiger partial charge < -0.3 is 37.9 Å². The van der Waals surface area contributed by atoms with Crippen molar-refractivity contribution in [1.29, 1.82) is 0 Å². The molecule has 0 radical (unpaired) electrons. The Morgan fingerprint density at radius 1 is 0.714 bits per heavy atom. The van der Waals surface area contributed by atoms with Crippen molar-refractivity contribution >= 4 is 55.7 Å². The SMILES string of the molecule is COc1cc(Br)c2c3c1O[C@@H]1[C@]34CCN(C)[C@@H](C2)[C@]4(OC(C)=O)C[C@]12OC(=O)[C@@]1(C[C@@]3(OC(C)=O)[C@H]4Cc5c(Br)cc(OC)c6c5[C@@]3(CCN4C)[C@H]1O6)OC2=O. The number of hydrogen-bond donors (Lipinski definition) is 0. The molecule has 4 bridgehead atoms. The zero-order valence-electron chi connectivity index (χ0n) is 31.7. The smallest absolute Gasteiger partial charge is 0.356 e. The van der Waals surface area contributed by atoms with E-state index >= 15 is 9.59 Å². The van der Waals surface area contributed by atoms with Gasteiger partial charge in [0, 0.05) is 46.8 Å². The topological polar surface area (TPSA) is 149 Å². The van der Waals surface area contributed by atoms with E-state index in [1.54, 1.807) is 0 Å². The minimum absolute atomic E-state index is 0.185. The van der Waals surface area contributed by atoms with E-state index in [0.717, 1.165) is 31.2 Å². The number of piperidine rings is 2. The fourth-order valence-electron chi connectivity index (χ4n) is 13.6. The first-order valence-corrected chi connectivity index (χ1v) is 20.6. The van der Waals surface area contributed by atoms with Crippen LogP contribution in [0.4, 0.5) is 0 Å². The zero-order valence-corrected chi connectivity index (χ0v) is 34.8. The van der Waals surface area contributed by atoms with Gasteiger partial charge in [-0.15, -0.1) is 0 Å². The van der Waals surface area contributed by atoms with Crippen molar-refractivity contribution in [2.75, 3.05) is 41.4 Å². The first-order valence-electron chi connectivity index (χ1n) is 19.0. The summed E-state index contributed by atoms with van der Waals surface area (Å²) in [7, 11) is 7.03. The van der Waals surface area contributed by atoms with E-state index in [9.17, 15) is 9.59 Å². The summed E-state index contributed by atoms with van der Waals surface area (Å²) in [5, 5.41) is 0. The molecule has 56 heavy (non-hydrogen) atoms. The largest absolute Gasteiger partial charge is 0.493 e.